The number of anilines is 1. The van der Waals surface area contributed by atoms with Crippen LogP contribution in [-0.4, -0.2) is 67.4 Å². The number of nitrogens with one attached hydrogen (secondary N) is 1. The van der Waals surface area contributed by atoms with Gasteiger partial charge in [-0.05, 0) is 68.1 Å². The predicted octanol–water partition coefficient (Wildman–Crippen LogP) is 5.13. The van der Waals surface area contributed by atoms with Crippen LogP contribution in [-0.2, 0) is 30.5 Å². The number of nitrogens with zero attached hydrogens (tertiary/aromatic N) is 3. The molecule has 36 heavy (non-hydrogen) atoms. The molecule has 1 fully saturated rings. The Morgan fingerprint density at radius 2 is 1.89 bits per heavy atom. The van der Waals surface area contributed by atoms with Gasteiger partial charge in [0.25, 0.3) is 0 Å². The van der Waals surface area contributed by atoms with E-state index in [1.165, 1.54) is 35.4 Å². The average Bonchev–Trinajstić information content (AvgIpc) is 3.64. The number of carbonyl (C=O) groups is 1. The second-order valence-electron chi connectivity index (χ2n) is 10.1. The average molecular weight is 523 g/mol. The maximum absolute atomic E-state index is 13.5. The van der Waals surface area contributed by atoms with Gasteiger partial charge < -0.3 is 15.1 Å². The van der Waals surface area contributed by atoms with Crippen LogP contribution >= 0.6 is 11.6 Å². The fourth-order valence-corrected chi connectivity index (χ4v) is 4.97. The lowest BCUT2D eigenvalue weighted by Crippen LogP contribution is -2.40. The van der Waals surface area contributed by atoms with Crippen LogP contribution in [0.4, 0.5) is 18.9 Å². The van der Waals surface area contributed by atoms with Crippen molar-refractivity contribution in [2.45, 2.75) is 38.5 Å². The molecular weight excluding hydrogens is 489 g/mol. The normalized spacial score (nSPS) is 16.2. The van der Waals surface area contributed by atoms with Crippen LogP contribution in [0.2, 0.25) is 5.02 Å². The molecule has 0 aromatic heterocycles. The SMILES string of the molecule is CN(C)CCN(Cc1ccccc1C(F)(F)F)C(=O)CNc1c(Cl)ccc2c1CCN(CC1CC1)C2. The highest BCUT2D eigenvalue weighted by Gasteiger charge is 2.34. The Labute approximate surface area is 216 Å². The minimum absolute atomic E-state index is 0.0381. The highest BCUT2D eigenvalue weighted by Crippen LogP contribution is 2.36. The van der Waals surface area contributed by atoms with Crippen molar-refractivity contribution >= 4 is 23.2 Å². The van der Waals surface area contributed by atoms with Crippen molar-refractivity contribution in [1.29, 1.82) is 0 Å². The van der Waals surface area contributed by atoms with Crippen LogP contribution in [0, 0.1) is 5.92 Å². The molecule has 1 aliphatic carbocycles. The minimum Gasteiger partial charge on any atom is -0.375 e. The van der Waals surface area contributed by atoms with E-state index >= 15 is 0 Å². The van der Waals surface area contributed by atoms with Gasteiger partial charge in [-0.3, -0.25) is 9.69 Å². The predicted molar refractivity (Wildman–Crippen MR) is 137 cm³/mol. The third-order valence-electron chi connectivity index (χ3n) is 6.91. The Bertz CT molecular complexity index is 1070. The van der Waals surface area contributed by atoms with Gasteiger partial charge in [0.1, 0.15) is 0 Å². The van der Waals surface area contributed by atoms with Gasteiger partial charge in [0.15, 0.2) is 0 Å². The zero-order valence-corrected chi connectivity index (χ0v) is 21.6. The van der Waals surface area contributed by atoms with E-state index in [1.807, 2.05) is 25.1 Å². The van der Waals surface area contributed by atoms with Crippen LogP contribution in [0.3, 0.4) is 0 Å². The Hall–Kier alpha value is -2.29. The Morgan fingerprint density at radius 3 is 2.58 bits per heavy atom. The molecule has 5 nitrogen and oxygen atoms in total. The Balaban J connectivity index is 1.47. The number of hydrogen-bond donors (Lipinski definition) is 1. The molecule has 1 saturated carbocycles. The molecule has 4 rings (SSSR count). The first kappa shape index (κ1) is 26.8. The van der Waals surface area contributed by atoms with E-state index in [0.717, 1.165) is 49.3 Å². The van der Waals surface area contributed by atoms with E-state index in [4.69, 9.17) is 11.6 Å². The lowest BCUT2D eigenvalue weighted by Gasteiger charge is -2.31. The summed E-state index contributed by atoms with van der Waals surface area (Å²) in [7, 11) is 3.74. The monoisotopic (exact) mass is 522 g/mol. The second-order valence-corrected chi connectivity index (χ2v) is 10.5. The third-order valence-corrected chi connectivity index (χ3v) is 7.23. The summed E-state index contributed by atoms with van der Waals surface area (Å²) in [5, 5.41) is 3.79. The van der Waals surface area contributed by atoms with E-state index in [-0.39, 0.29) is 24.6 Å². The molecule has 2 aliphatic rings. The van der Waals surface area contributed by atoms with Gasteiger partial charge in [0.2, 0.25) is 5.91 Å². The second kappa shape index (κ2) is 11.4. The van der Waals surface area contributed by atoms with Crippen molar-refractivity contribution in [2.75, 3.05) is 52.1 Å². The van der Waals surface area contributed by atoms with Gasteiger partial charge in [0, 0.05) is 39.3 Å². The topological polar surface area (TPSA) is 38.8 Å². The summed E-state index contributed by atoms with van der Waals surface area (Å²) in [6.07, 6.45) is -0.995. The van der Waals surface area contributed by atoms with Gasteiger partial charge in [0.05, 0.1) is 22.8 Å². The van der Waals surface area contributed by atoms with Crippen molar-refractivity contribution in [1.82, 2.24) is 14.7 Å². The van der Waals surface area contributed by atoms with Crippen molar-refractivity contribution in [3.63, 3.8) is 0 Å². The number of amides is 1. The largest absolute Gasteiger partial charge is 0.416 e. The lowest BCUT2D eigenvalue weighted by atomic mass is 9.97. The Morgan fingerprint density at radius 1 is 1.14 bits per heavy atom. The fraction of sp³-hybridized carbons (Fsp3) is 0.519. The first-order chi connectivity index (χ1) is 17.1. The molecule has 1 amide bonds. The Kier molecular flexibility index (Phi) is 8.48. The van der Waals surface area contributed by atoms with E-state index in [9.17, 15) is 18.0 Å². The summed E-state index contributed by atoms with van der Waals surface area (Å²) in [6, 6.07) is 9.35. The molecule has 1 aliphatic heterocycles. The van der Waals surface area contributed by atoms with Gasteiger partial charge >= 0.3 is 6.18 Å². The van der Waals surface area contributed by atoms with Gasteiger partial charge in [-0.2, -0.15) is 13.2 Å². The van der Waals surface area contributed by atoms with Gasteiger partial charge in [-0.15, -0.1) is 0 Å². The van der Waals surface area contributed by atoms with Crippen LogP contribution < -0.4 is 5.32 Å². The van der Waals surface area contributed by atoms with Crippen molar-refractivity contribution in [3.05, 3.63) is 63.7 Å². The molecule has 0 radical (unpaired) electrons. The molecule has 2 aromatic rings. The molecule has 1 heterocycles. The van der Waals surface area contributed by atoms with Crippen LogP contribution in [0.15, 0.2) is 36.4 Å². The summed E-state index contributed by atoms with van der Waals surface area (Å²) in [5.74, 6) is 0.554. The minimum atomic E-state index is -4.48. The first-order valence-electron chi connectivity index (χ1n) is 12.5. The molecule has 0 spiro atoms. The van der Waals surface area contributed by atoms with Gasteiger partial charge in [-0.25, -0.2) is 0 Å². The van der Waals surface area contributed by atoms with Crippen molar-refractivity contribution in [3.8, 4) is 0 Å². The molecule has 0 atom stereocenters. The van der Waals surface area contributed by atoms with Crippen LogP contribution in [0.25, 0.3) is 0 Å². The standard InChI is InChI=1S/C27H34ClF3N4O/c1-33(2)13-14-35(18-21-5-3-4-6-23(21)27(29,30)31)25(36)15-32-26-22-11-12-34(16-19-7-8-19)17-20(22)9-10-24(26)28/h3-6,9-10,19,32H,7-8,11-18H2,1-2H3. The number of alkyl halides is 3. The molecule has 0 saturated heterocycles. The summed E-state index contributed by atoms with van der Waals surface area (Å²) >= 11 is 6.53. The number of halogens is 4. The molecule has 196 valence electrons. The molecule has 2 aromatic carbocycles. The third kappa shape index (κ3) is 6.93. The van der Waals surface area contributed by atoms with Crippen LogP contribution in [0.5, 0.6) is 0 Å². The molecule has 0 unspecified atom stereocenters. The van der Waals surface area contributed by atoms with Gasteiger partial charge in [-0.1, -0.05) is 35.9 Å². The maximum Gasteiger partial charge on any atom is 0.416 e. The fourth-order valence-electron chi connectivity index (χ4n) is 4.73. The highest BCUT2D eigenvalue weighted by atomic mass is 35.5. The maximum atomic E-state index is 13.5. The summed E-state index contributed by atoms with van der Waals surface area (Å²) in [5.41, 5.74) is 2.48. The lowest BCUT2D eigenvalue weighted by molar-refractivity contribution is -0.139. The first-order valence-corrected chi connectivity index (χ1v) is 12.8. The number of benzene rings is 2. The van der Waals surface area contributed by atoms with E-state index in [1.54, 1.807) is 6.07 Å². The number of likely N-dealkylation sites (N-methyl/N-ethyl adjacent to an activating group) is 1. The molecular formula is C27H34ClF3N4O. The van der Waals surface area contributed by atoms with Crippen molar-refractivity contribution in [2.24, 2.45) is 5.92 Å². The van der Waals surface area contributed by atoms with Crippen LogP contribution in [0.1, 0.15) is 35.1 Å². The highest BCUT2D eigenvalue weighted by molar-refractivity contribution is 6.33. The zero-order valence-electron chi connectivity index (χ0n) is 20.9. The molecule has 9 heteroatoms. The summed E-state index contributed by atoms with van der Waals surface area (Å²) in [6.45, 7) is 3.66. The number of fused-ring (bicyclic) bond motifs is 1. The van der Waals surface area contributed by atoms with E-state index < -0.39 is 11.7 Å². The quantitative estimate of drug-likeness (QED) is 0.469. The summed E-state index contributed by atoms with van der Waals surface area (Å²) < 4.78 is 40.6. The number of hydrogen-bond acceptors (Lipinski definition) is 4. The molecule has 1 N–H and O–H groups in total. The number of rotatable bonds is 10. The van der Waals surface area contributed by atoms with Crippen molar-refractivity contribution < 1.29 is 18.0 Å². The zero-order chi connectivity index (χ0) is 25.9. The number of carbonyl (C=O) groups excluding carboxylic acids is 1. The summed E-state index contributed by atoms with van der Waals surface area (Å²) in [4.78, 5) is 19.1. The smallest absolute Gasteiger partial charge is 0.375 e. The van der Waals surface area contributed by atoms with E-state index in [0.29, 0.717) is 18.1 Å². The van der Waals surface area contributed by atoms with E-state index in [2.05, 4.69) is 16.3 Å². The molecule has 0 bridgehead atoms.